The van der Waals surface area contributed by atoms with E-state index < -0.39 is 56.6 Å². The molecule has 6 atom stereocenters. The highest BCUT2D eigenvalue weighted by Crippen LogP contribution is 2.48. The smallest absolute Gasteiger partial charge is 0.459 e. The summed E-state index contributed by atoms with van der Waals surface area (Å²) in [5.41, 5.74) is -2.19. The number of hydrogen-bond donors (Lipinski definition) is 3. The number of imidazole rings is 1. The number of carbonyl (C=O) groups is 1. The fourth-order valence-corrected chi connectivity index (χ4v) is 5.69. The van der Waals surface area contributed by atoms with E-state index in [1.165, 1.54) is 30.0 Å². The van der Waals surface area contributed by atoms with Gasteiger partial charge in [-0.15, -0.1) is 6.42 Å². The van der Waals surface area contributed by atoms with Crippen molar-refractivity contribution in [3.63, 3.8) is 0 Å². The molecular formula is C26H32FN6O7P. The zero-order chi connectivity index (χ0) is 29.9. The molecule has 3 heterocycles. The lowest BCUT2D eigenvalue weighted by molar-refractivity contribution is -0.149. The second-order valence-corrected chi connectivity index (χ2v) is 11.3. The number of carbonyl (C=O) groups excluding carboxylic acids is 1. The van der Waals surface area contributed by atoms with Gasteiger partial charge in [-0.1, -0.05) is 24.1 Å². The zero-order valence-corrected chi connectivity index (χ0v) is 24.0. The normalized spacial score (nSPS) is 24.5. The van der Waals surface area contributed by atoms with Gasteiger partial charge < -0.3 is 24.4 Å². The highest BCUT2D eigenvalue weighted by atomic mass is 31.2. The Balaban J connectivity index is 1.60. The van der Waals surface area contributed by atoms with E-state index in [4.69, 9.17) is 24.9 Å². The lowest BCUT2D eigenvalue weighted by atomic mass is 9.97. The van der Waals surface area contributed by atoms with Gasteiger partial charge in [0.25, 0.3) is 0 Å². The van der Waals surface area contributed by atoms with Crippen LogP contribution in [0.4, 0.5) is 10.2 Å². The van der Waals surface area contributed by atoms with Crippen molar-refractivity contribution in [2.24, 2.45) is 0 Å². The van der Waals surface area contributed by atoms with Crippen LogP contribution in [0.1, 0.15) is 32.8 Å². The molecule has 15 heteroatoms. The first-order valence-corrected chi connectivity index (χ1v) is 14.3. The van der Waals surface area contributed by atoms with Crippen molar-refractivity contribution in [3.8, 4) is 18.1 Å². The number of para-hydroxylation sites is 1. The number of fused-ring (bicyclic) bond motifs is 1. The maximum atomic E-state index is 16.2. The van der Waals surface area contributed by atoms with Gasteiger partial charge >= 0.3 is 13.7 Å². The summed E-state index contributed by atoms with van der Waals surface area (Å²) in [6.45, 7) is 5.78. The van der Waals surface area contributed by atoms with Gasteiger partial charge in [0.2, 0.25) is 5.67 Å². The second kappa shape index (κ2) is 12.1. The van der Waals surface area contributed by atoms with E-state index in [0.717, 1.165) is 0 Å². The summed E-state index contributed by atoms with van der Waals surface area (Å²) in [6.07, 6.45) is 1.52. The predicted octanol–water partition coefficient (Wildman–Crippen LogP) is 2.91. The standard InChI is InChI=1S/C26H32FN6O7P/c1-7-26(27)21(34)19(39-25(26)33-14-29-20-22(28-6)30-17(5)31-23(20)33)13-37-41(36,40-18-11-9-8-10-12-18)32-16(4)24(35)38-15(2)3/h1,8-12,14-16,19,21,25,34H,13H2,2-6H3,(H,32,36)(H,28,30,31)/t16-,19+,21+,25+,26+,41+/m0/s1. The lowest BCUT2D eigenvalue weighted by Gasteiger charge is -2.25. The number of anilines is 1. The molecule has 0 amide bonds. The van der Waals surface area contributed by atoms with Crippen LogP contribution in [0.25, 0.3) is 11.2 Å². The van der Waals surface area contributed by atoms with Gasteiger partial charge in [0, 0.05) is 7.05 Å². The summed E-state index contributed by atoms with van der Waals surface area (Å²) < 4.78 is 53.4. The largest absolute Gasteiger partial charge is 0.462 e. The first-order valence-electron chi connectivity index (χ1n) is 12.8. The second-order valence-electron chi connectivity index (χ2n) is 9.61. The average molecular weight is 591 g/mol. The van der Waals surface area contributed by atoms with E-state index in [9.17, 15) is 14.5 Å². The van der Waals surface area contributed by atoms with Crippen LogP contribution >= 0.6 is 7.75 Å². The Kier molecular flexibility index (Phi) is 8.96. The maximum absolute atomic E-state index is 16.2. The number of aliphatic hydroxyl groups excluding tert-OH is 1. The van der Waals surface area contributed by atoms with Gasteiger partial charge in [-0.05, 0) is 39.8 Å². The quantitative estimate of drug-likeness (QED) is 0.171. The molecule has 4 rings (SSSR count). The number of terminal acetylenes is 1. The Morgan fingerprint density at radius 3 is 2.66 bits per heavy atom. The Bertz CT molecular complexity index is 1480. The third-order valence-electron chi connectivity index (χ3n) is 6.12. The van der Waals surface area contributed by atoms with Crippen LogP contribution < -0.4 is 14.9 Å². The molecule has 0 unspecified atom stereocenters. The minimum absolute atomic E-state index is 0.169. The minimum atomic E-state index is -4.32. The zero-order valence-electron chi connectivity index (χ0n) is 23.1. The number of benzene rings is 1. The van der Waals surface area contributed by atoms with Gasteiger partial charge in [-0.25, -0.2) is 23.9 Å². The van der Waals surface area contributed by atoms with Crippen molar-refractivity contribution in [2.45, 2.75) is 63.9 Å². The number of esters is 1. The molecule has 3 N–H and O–H groups in total. The highest BCUT2D eigenvalue weighted by Gasteiger charge is 2.58. The summed E-state index contributed by atoms with van der Waals surface area (Å²) in [5, 5.41) is 16.4. The number of ether oxygens (including phenoxy) is 2. The molecule has 2 aromatic heterocycles. The van der Waals surface area contributed by atoms with E-state index in [2.05, 4.69) is 25.4 Å². The lowest BCUT2D eigenvalue weighted by Crippen LogP contribution is -2.42. The third-order valence-corrected chi connectivity index (χ3v) is 7.77. The summed E-state index contributed by atoms with van der Waals surface area (Å²) in [4.78, 5) is 25.3. The van der Waals surface area contributed by atoms with Crippen molar-refractivity contribution >= 4 is 30.7 Å². The van der Waals surface area contributed by atoms with Crippen LogP contribution in [0.5, 0.6) is 5.75 Å². The van der Waals surface area contributed by atoms with Crippen molar-refractivity contribution in [2.75, 3.05) is 19.0 Å². The molecule has 3 aromatic rings. The number of aryl methyl sites for hydroxylation is 1. The van der Waals surface area contributed by atoms with Gasteiger partial charge in [0.1, 0.15) is 29.8 Å². The molecule has 1 saturated heterocycles. The average Bonchev–Trinajstić information content (AvgIpc) is 3.45. The van der Waals surface area contributed by atoms with E-state index in [-0.39, 0.29) is 11.4 Å². The summed E-state index contributed by atoms with van der Waals surface area (Å²) >= 11 is 0. The monoisotopic (exact) mass is 590 g/mol. The van der Waals surface area contributed by atoms with Crippen LogP contribution in [0.3, 0.4) is 0 Å². The molecular weight excluding hydrogens is 558 g/mol. The first kappa shape index (κ1) is 30.4. The predicted molar refractivity (Wildman–Crippen MR) is 147 cm³/mol. The Morgan fingerprint density at radius 2 is 2.02 bits per heavy atom. The SMILES string of the molecule is C#C[C@@]1(F)[C@H](O)[C@@H](CO[P@](=O)(N[C@@H](C)C(=O)OC(C)C)Oc2ccccc2)O[C@H]1n1cnc2c(NC)nc(C)nc21. The molecule has 0 radical (unpaired) electrons. The molecule has 0 spiro atoms. The van der Waals surface area contributed by atoms with Crippen molar-refractivity contribution in [1.29, 1.82) is 0 Å². The molecule has 0 aliphatic carbocycles. The van der Waals surface area contributed by atoms with Crippen LogP contribution in [-0.2, 0) is 23.4 Å². The Morgan fingerprint density at radius 1 is 1.32 bits per heavy atom. The molecule has 0 bridgehead atoms. The van der Waals surface area contributed by atoms with Crippen LogP contribution in [0.2, 0.25) is 0 Å². The summed E-state index contributed by atoms with van der Waals surface area (Å²) in [5.74, 6) is 2.24. The number of alkyl halides is 1. The fraction of sp³-hybridized carbons (Fsp3) is 0.462. The van der Waals surface area contributed by atoms with Crippen LogP contribution in [0.15, 0.2) is 36.7 Å². The maximum Gasteiger partial charge on any atom is 0.459 e. The third kappa shape index (κ3) is 6.34. The van der Waals surface area contributed by atoms with E-state index in [1.54, 1.807) is 46.0 Å². The topological polar surface area (TPSA) is 159 Å². The van der Waals surface area contributed by atoms with E-state index in [0.29, 0.717) is 17.2 Å². The highest BCUT2D eigenvalue weighted by molar-refractivity contribution is 7.52. The van der Waals surface area contributed by atoms with Crippen LogP contribution in [-0.4, -0.2) is 74.3 Å². The molecule has 1 aromatic carbocycles. The fourth-order valence-electron chi connectivity index (χ4n) is 4.19. The van der Waals surface area contributed by atoms with E-state index >= 15 is 4.39 Å². The van der Waals surface area contributed by atoms with Crippen LogP contribution in [0, 0.1) is 19.3 Å². The summed E-state index contributed by atoms with van der Waals surface area (Å²) in [6, 6.07) is 6.98. The number of nitrogens with zero attached hydrogens (tertiary/aromatic N) is 4. The first-order chi connectivity index (χ1) is 19.4. The van der Waals surface area contributed by atoms with Gasteiger partial charge in [-0.2, -0.15) is 5.09 Å². The van der Waals surface area contributed by atoms with Gasteiger partial charge in [-0.3, -0.25) is 13.9 Å². The number of halogens is 1. The van der Waals surface area contributed by atoms with Crippen molar-refractivity contribution < 1.29 is 37.4 Å². The minimum Gasteiger partial charge on any atom is -0.462 e. The number of aliphatic hydroxyl groups is 1. The molecule has 1 aliphatic heterocycles. The number of nitrogens with one attached hydrogen (secondary N) is 2. The molecule has 220 valence electrons. The summed E-state index contributed by atoms with van der Waals surface area (Å²) in [7, 11) is -2.67. The molecule has 1 aliphatic rings. The Labute approximate surface area is 236 Å². The van der Waals surface area contributed by atoms with Crippen molar-refractivity contribution in [3.05, 3.63) is 42.5 Å². The molecule has 13 nitrogen and oxygen atoms in total. The van der Waals surface area contributed by atoms with Gasteiger partial charge in [0.05, 0.1) is 19.0 Å². The molecule has 41 heavy (non-hydrogen) atoms. The van der Waals surface area contributed by atoms with Gasteiger partial charge in [0.15, 0.2) is 23.2 Å². The number of aromatic nitrogens is 4. The molecule has 1 fully saturated rings. The van der Waals surface area contributed by atoms with E-state index in [1.807, 2.05) is 5.92 Å². The Hall–Kier alpha value is -3.60. The van der Waals surface area contributed by atoms with Crippen molar-refractivity contribution in [1.82, 2.24) is 24.6 Å². The number of rotatable bonds is 11. The molecule has 0 saturated carbocycles. The number of hydrogen-bond acceptors (Lipinski definition) is 11.